The van der Waals surface area contributed by atoms with Crippen molar-refractivity contribution in [1.82, 2.24) is 24.8 Å². The average molecular weight is 317 g/mol. The van der Waals surface area contributed by atoms with Crippen LogP contribution in [0.15, 0.2) is 10.6 Å². The first-order valence-corrected chi connectivity index (χ1v) is 8.35. The Morgan fingerprint density at radius 1 is 1.30 bits per heavy atom. The summed E-state index contributed by atoms with van der Waals surface area (Å²) in [5.41, 5.74) is 2.22. The van der Waals surface area contributed by atoms with Gasteiger partial charge in [-0.05, 0) is 32.8 Å². The molecule has 2 fully saturated rings. The molecule has 0 amide bonds. The maximum atomic E-state index is 5.90. The highest BCUT2D eigenvalue weighted by Crippen LogP contribution is 2.38. The maximum absolute atomic E-state index is 5.90. The fourth-order valence-electron chi connectivity index (χ4n) is 3.12. The van der Waals surface area contributed by atoms with Gasteiger partial charge < -0.3 is 9.26 Å². The second-order valence-electron chi connectivity index (χ2n) is 6.66. The van der Waals surface area contributed by atoms with Crippen LogP contribution in [0.5, 0.6) is 0 Å². The Kier molecular flexibility index (Phi) is 3.90. The van der Waals surface area contributed by atoms with Crippen molar-refractivity contribution in [3.05, 3.63) is 29.2 Å². The molecule has 0 aromatic carbocycles. The zero-order chi connectivity index (χ0) is 15.8. The minimum Gasteiger partial charge on any atom is -0.374 e. The molecular weight excluding hydrogens is 294 g/mol. The summed E-state index contributed by atoms with van der Waals surface area (Å²) in [6, 6.07) is 2.10. The maximum Gasteiger partial charge on any atom is 0.240 e. The number of morpholine rings is 1. The molecule has 23 heavy (non-hydrogen) atoms. The van der Waals surface area contributed by atoms with Crippen LogP contribution in [-0.2, 0) is 17.8 Å². The monoisotopic (exact) mass is 317 g/mol. The second-order valence-corrected chi connectivity index (χ2v) is 6.66. The number of hydrogen-bond donors (Lipinski definition) is 0. The molecule has 0 spiro atoms. The van der Waals surface area contributed by atoms with Crippen molar-refractivity contribution < 1.29 is 9.26 Å². The molecule has 124 valence electrons. The van der Waals surface area contributed by atoms with E-state index in [2.05, 4.69) is 33.1 Å². The van der Waals surface area contributed by atoms with E-state index in [0.29, 0.717) is 12.5 Å². The lowest BCUT2D eigenvalue weighted by molar-refractivity contribution is -0.0429. The zero-order valence-corrected chi connectivity index (χ0v) is 13.7. The molecule has 4 rings (SSSR count). The largest absolute Gasteiger partial charge is 0.374 e. The van der Waals surface area contributed by atoms with E-state index in [1.165, 1.54) is 18.5 Å². The first-order valence-electron chi connectivity index (χ1n) is 8.35. The van der Waals surface area contributed by atoms with Crippen LogP contribution in [0.2, 0.25) is 0 Å². The van der Waals surface area contributed by atoms with Crippen LogP contribution >= 0.6 is 0 Å². The van der Waals surface area contributed by atoms with E-state index in [-0.39, 0.29) is 6.10 Å². The van der Waals surface area contributed by atoms with Crippen LogP contribution in [-0.4, -0.2) is 50.6 Å². The highest BCUT2D eigenvalue weighted by molar-refractivity contribution is 5.07. The number of hydrogen-bond acceptors (Lipinski definition) is 6. The van der Waals surface area contributed by atoms with Crippen molar-refractivity contribution in [2.45, 2.75) is 51.8 Å². The van der Waals surface area contributed by atoms with E-state index >= 15 is 0 Å². The summed E-state index contributed by atoms with van der Waals surface area (Å²) in [7, 11) is 0. The fourth-order valence-corrected chi connectivity index (χ4v) is 3.12. The summed E-state index contributed by atoms with van der Waals surface area (Å²) in [5, 5.41) is 8.61. The Hall–Kier alpha value is -1.73. The van der Waals surface area contributed by atoms with Crippen LogP contribution in [0.1, 0.15) is 41.9 Å². The van der Waals surface area contributed by atoms with Gasteiger partial charge in [0, 0.05) is 24.7 Å². The number of aryl methyl sites for hydroxylation is 2. The number of nitrogens with zero attached hydrogens (tertiary/aromatic N) is 5. The normalized spacial score (nSPS) is 22.6. The third-order valence-corrected chi connectivity index (χ3v) is 4.49. The molecule has 0 bridgehead atoms. The smallest absolute Gasteiger partial charge is 0.240 e. The predicted octanol–water partition coefficient (Wildman–Crippen LogP) is 1.66. The molecule has 2 aromatic heterocycles. The van der Waals surface area contributed by atoms with Crippen LogP contribution in [0, 0.1) is 13.8 Å². The van der Waals surface area contributed by atoms with Gasteiger partial charge in [-0.3, -0.25) is 9.58 Å². The lowest BCUT2D eigenvalue weighted by atomic mass is 10.2. The Bertz CT molecular complexity index is 676. The van der Waals surface area contributed by atoms with Gasteiger partial charge in [0.25, 0.3) is 0 Å². The van der Waals surface area contributed by atoms with Crippen molar-refractivity contribution in [1.29, 1.82) is 0 Å². The standard InChI is InChI=1S/C16H23N5O2/c1-11-7-12(2)21(18-11)9-14-8-20(5-6-22-14)10-15-17-16(19-23-15)13-3-4-13/h7,13-14H,3-6,8-10H2,1-2H3/t14-/m0/s1. The minimum absolute atomic E-state index is 0.146. The molecule has 1 saturated heterocycles. The molecule has 1 aliphatic carbocycles. The first kappa shape index (κ1) is 14.8. The summed E-state index contributed by atoms with van der Waals surface area (Å²) in [5.74, 6) is 2.14. The molecule has 2 aromatic rings. The quantitative estimate of drug-likeness (QED) is 0.835. The van der Waals surface area contributed by atoms with Crippen molar-refractivity contribution in [3.8, 4) is 0 Å². The lowest BCUT2D eigenvalue weighted by Gasteiger charge is -2.32. The Morgan fingerprint density at radius 3 is 2.91 bits per heavy atom. The number of aromatic nitrogens is 4. The lowest BCUT2D eigenvalue weighted by Crippen LogP contribution is -2.44. The minimum atomic E-state index is 0.146. The topological polar surface area (TPSA) is 69.2 Å². The van der Waals surface area contributed by atoms with E-state index in [4.69, 9.17) is 9.26 Å². The third-order valence-electron chi connectivity index (χ3n) is 4.49. The van der Waals surface area contributed by atoms with Gasteiger partial charge in [-0.15, -0.1) is 0 Å². The Labute approximate surface area is 135 Å². The molecule has 0 radical (unpaired) electrons. The van der Waals surface area contributed by atoms with Gasteiger partial charge in [-0.1, -0.05) is 5.16 Å². The molecule has 0 N–H and O–H groups in total. The average Bonchev–Trinajstić information content (AvgIpc) is 3.19. The zero-order valence-electron chi connectivity index (χ0n) is 13.7. The first-order chi connectivity index (χ1) is 11.2. The molecule has 1 aliphatic heterocycles. The van der Waals surface area contributed by atoms with Crippen LogP contribution < -0.4 is 0 Å². The third kappa shape index (κ3) is 3.45. The van der Waals surface area contributed by atoms with E-state index < -0.39 is 0 Å². The summed E-state index contributed by atoms with van der Waals surface area (Å²) in [6.45, 7) is 8.08. The van der Waals surface area contributed by atoms with Gasteiger partial charge in [-0.2, -0.15) is 10.1 Å². The van der Waals surface area contributed by atoms with Crippen molar-refractivity contribution in [2.24, 2.45) is 0 Å². The van der Waals surface area contributed by atoms with Crippen molar-refractivity contribution in [2.75, 3.05) is 19.7 Å². The summed E-state index contributed by atoms with van der Waals surface area (Å²) in [6.07, 6.45) is 2.54. The molecule has 3 heterocycles. The SMILES string of the molecule is Cc1cc(C)n(C[C@@H]2CN(Cc3nc(C4CC4)no3)CCO2)n1. The highest BCUT2D eigenvalue weighted by atomic mass is 16.5. The predicted molar refractivity (Wildman–Crippen MR) is 83.0 cm³/mol. The molecule has 1 atom stereocenters. The highest BCUT2D eigenvalue weighted by Gasteiger charge is 2.29. The van der Waals surface area contributed by atoms with Crippen LogP contribution in [0.4, 0.5) is 0 Å². The van der Waals surface area contributed by atoms with Gasteiger partial charge in [0.1, 0.15) is 0 Å². The molecular formula is C16H23N5O2. The van der Waals surface area contributed by atoms with E-state index in [1.54, 1.807) is 0 Å². The van der Waals surface area contributed by atoms with E-state index in [9.17, 15) is 0 Å². The Balaban J connectivity index is 1.35. The second kappa shape index (κ2) is 6.05. The molecule has 7 heteroatoms. The fraction of sp³-hybridized carbons (Fsp3) is 0.688. The molecule has 0 unspecified atom stereocenters. The summed E-state index contributed by atoms with van der Waals surface area (Å²) >= 11 is 0. The summed E-state index contributed by atoms with van der Waals surface area (Å²) in [4.78, 5) is 6.84. The van der Waals surface area contributed by atoms with Crippen molar-refractivity contribution >= 4 is 0 Å². The van der Waals surface area contributed by atoms with Crippen LogP contribution in [0.3, 0.4) is 0 Å². The molecule has 7 nitrogen and oxygen atoms in total. The van der Waals surface area contributed by atoms with Gasteiger partial charge in [0.15, 0.2) is 5.82 Å². The molecule has 2 aliphatic rings. The van der Waals surface area contributed by atoms with E-state index in [0.717, 1.165) is 43.7 Å². The van der Waals surface area contributed by atoms with Crippen molar-refractivity contribution in [3.63, 3.8) is 0 Å². The number of ether oxygens (including phenoxy) is 1. The molecule has 1 saturated carbocycles. The van der Waals surface area contributed by atoms with Gasteiger partial charge in [-0.25, -0.2) is 0 Å². The van der Waals surface area contributed by atoms with E-state index in [1.807, 2.05) is 11.6 Å². The van der Waals surface area contributed by atoms with Gasteiger partial charge in [0.2, 0.25) is 5.89 Å². The van der Waals surface area contributed by atoms with Gasteiger partial charge in [0.05, 0.1) is 31.5 Å². The van der Waals surface area contributed by atoms with Crippen LogP contribution in [0.25, 0.3) is 0 Å². The number of rotatable bonds is 5. The van der Waals surface area contributed by atoms with Gasteiger partial charge >= 0.3 is 0 Å². The summed E-state index contributed by atoms with van der Waals surface area (Å²) < 4.78 is 13.3. The Morgan fingerprint density at radius 2 is 2.17 bits per heavy atom.